The van der Waals surface area contributed by atoms with Crippen LogP contribution in [0.1, 0.15) is 0 Å². The lowest BCUT2D eigenvalue weighted by Gasteiger charge is -2.01. The Labute approximate surface area is 87.1 Å². The van der Waals surface area contributed by atoms with Crippen molar-refractivity contribution in [2.45, 2.75) is 4.90 Å². The Morgan fingerprint density at radius 1 is 1.36 bits per heavy atom. The standard InChI is InChI=1S/C11H14O2S/c1-2-8-13-9-10-14(12)11-6-4-3-5-7-11/h2-7H,1,8-10H2. The van der Waals surface area contributed by atoms with Gasteiger partial charge in [-0.3, -0.25) is 4.21 Å². The lowest BCUT2D eigenvalue weighted by molar-refractivity contribution is 0.180. The maximum atomic E-state index is 11.6. The van der Waals surface area contributed by atoms with Gasteiger partial charge >= 0.3 is 0 Å². The van der Waals surface area contributed by atoms with Crippen molar-refractivity contribution in [2.75, 3.05) is 19.0 Å². The van der Waals surface area contributed by atoms with Crippen LogP contribution in [0.5, 0.6) is 0 Å². The summed E-state index contributed by atoms with van der Waals surface area (Å²) in [5, 5.41) is 0. The zero-order valence-corrected chi connectivity index (χ0v) is 8.83. The van der Waals surface area contributed by atoms with E-state index in [0.717, 1.165) is 4.90 Å². The van der Waals surface area contributed by atoms with E-state index in [0.29, 0.717) is 19.0 Å². The normalized spacial score (nSPS) is 12.3. The van der Waals surface area contributed by atoms with Crippen LogP contribution in [-0.4, -0.2) is 23.2 Å². The highest BCUT2D eigenvalue weighted by Gasteiger charge is 2.01. The number of hydrogen-bond donors (Lipinski definition) is 0. The summed E-state index contributed by atoms with van der Waals surface area (Å²) in [5.74, 6) is 0.540. The van der Waals surface area contributed by atoms with Crippen molar-refractivity contribution in [3.63, 3.8) is 0 Å². The van der Waals surface area contributed by atoms with Crippen LogP contribution in [0.4, 0.5) is 0 Å². The first-order valence-corrected chi connectivity index (χ1v) is 5.78. The third-order valence-electron chi connectivity index (χ3n) is 1.65. The predicted octanol–water partition coefficient (Wildman–Crippen LogP) is 2.00. The molecule has 0 amide bonds. The zero-order valence-electron chi connectivity index (χ0n) is 8.02. The zero-order chi connectivity index (χ0) is 10.2. The summed E-state index contributed by atoms with van der Waals surface area (Å²) >= 11 is 0. The summed E-state index contributed by atoms with van der Waals surface area (Å²) in [5.41, 5.74) is 0. The van der Waals surface area contributed by atoms with E-state index in [9.17, 15) is 4.21 Å². The molecule has 3 heteroatoms. The molecule has 0 spiro atoms. The largest absolute Gasteiger partial charge is 0.376 e. The first-order chi connectivity index (χ1) is 6.84. The van der Waals surface area contributed by atoms with Crippen molar-refractivity contribution in [1.29, 1.82) is 0 Å². The summed E-state index contributed by atoms with van der Waals surface area (Å²) in [6.45, 7) is 4.56. The Morgan fingerprint density at radius 2 is 2.07 bits per heavy atom. The topological polar surface area (TPSA) is 26.3 Å². The van der Waals surface area contributed by atoms with E-state index < -0.39 is 10.8 Å². The van der Waals surface area contributed by atoms with Gasteiger partial charge in [0.05, 0.1) is 29.8 Å². The van der Waals surface area contributed by atoms with E-state index in [2.05, 4.69) is 6.58 Å². The van der Waals surface area contributed by atoms with Crippen LogP contribution in [0, 0.1) is 0 Å². The number of rotatable bonds is 6. The number of ether oxygens (including phenoxy) is 1. The van der Waals surface area contributed by atoms with Gasteiger partial charge in [0, 0.05) is 4.90 Å². The van der Waals surface area contributed by atoms with E-state index in [1.807, 2.05) is 30.3 Å². The van der Waals surface area contributed by atoms with Gasteiger partial charge in [0.2, 0.25) is 0 Å². The van der Waals surface area contributed by atoms with Crippen LogP contribution in [0.3, 0.4) is 0 Å². The average Bonchev–Trinajstić information content (AvgIpc) is 2.25. The second kappa shape index (κ2) is 6.51. The second-order valence-corrected chi connectivity index (χ2v) is 4.30. The molecule has 0 heterocycles. The molecule has 0 fully saturated rings. The second-order valence-electron chi connectivity index (χ2n) is 2.73. The summed E-state index contributed by atoms with van der Waals surface area (Å²) < 4.78 is 16.8. The minimum atomic E-state index is -0.946. The number of hydrogen-bond acceptors (Lipinski definition) is 2. The molecule has 2 nitrogen and oxygen atoms in total. The van der Waals surface area contributed by atoms with Gasteiger partial charge < -0.3 is 4.74 Å². The Kier molecular flexibility index (Phi) is 5.19. The fraction of sp³-hybridized carbons (Fsp3) is 0.273. The van der Waals surface area contributed by atoms with Crippen LogP contribution >= 0.6 is 0 Å². The minimum absolute atomic E-state index is 0.507. The number of benzene rings is 1. The van der Waals surface area contributed by atoms with Crippen LogP contribution in [0.25, 0.3) is 0 Å². The van der Waals surface area contributed by atoms with Crippen molar-refractivity contribution in [1.82, 2.24) is 0 Å². The highest BCUT2D eigenvalue weighted by atomic mass is 32.2. The van der Waals surface area contributed by atoms with Crippen molar-refractivity contribution in [3.8, 4) is 0 Å². The van der Waals surface area contributed by atoms with Gasteiger partial charge in [0.1, 0.15) is 0 Å². The molecule has 0 aliphatic heterocycles. The van der Waals surface area contributed by atoms with Crippen molar-refractivity contribution < 1.29 is 8.95 Å². The molecule has 0 aromatic heterocycles. The molecule has 0 aliphatic rings. The van der Waals surface area contributed by atoms with Gasteiger partial charge in [-0.05, 0) is 12.1 Å². The van der Waals surface area contributed by atoms with E-state index in [4.69, 9.17) is 4.74 Å². The fourth-order valence-electron chi connectivity index (χ4n) is 0.991. The lowest BCUT2D eigenvalue weighted by atomic mass is 10.4. The molecular weight excluding hydrogens is 196 g/mol. The quantitative estimate of drug-likeness (QED) is 0.530. The molecule has 1 rings (SSSR count). The van der Waals surface area contributed by atoms with E-state index in [1.165, 1.54) is 0 Å². The molecule has 76 valence electrons. The van der Waals surface area contributed by atoms with Crippen LogP contribution < -0.4 is 0 Å². The van der Waals surface area contributed by atoms with E-state index >= 15 is 0 Å². The molecule has 1 unspecified atom stereocenters. The Hall–Kier alpha value is -0.930. The van der Waals surface area contributed by atoms with Crippen LogP contribution in [0.2, 0.25) is 0 Å². The predicted molar refractivity (Wildman–Crippen MR) is 58.7 cm³/mol. The molecule has 14 heavy (non-hydrogen) atoms. The molecule has 1 atom stereocenters. The molecule has 1 aromatic rings. The Bertz CT molecular complexity index is 295. The first kappa shape index (κ1) is 11.1. The smallest absolute Gasteiger partial charge is 0.0645 e. The van der Waals surface area contributed by atoms with Crippen LogP contribution in [0.15, 0.2) is 47.9 Å². The average molecular weight is 210 g/mol. The third kappa shape index (κ3) is 3.85. The van der Waals surface area contributed by atoms with Crippen molar-refractivity contribution in [2.24, 2.45) is 0 Å². The maximum Gasteiger partial charge on any atom is 0.0645 e. The Balaban J connectivity index is 2.32. The lowest BCUT2D eigenvalue weighted by Crippen LogP contribution is -2.06. The molecular formula is C11H14O2S. The molecule has 0 aliphatic carbocycles. The molecule has 0 radical (unpaired) electrons. The van der Waals surface area contributed by atoms with Gasteiger partial charge in [-0.25, -0.2) is 0 Å². The molecule has 0 saturated heterocycles. The van der Waals surface area contributed by atoms with Gasteiger partial charge in [0.15, 0.2) is 0 Å². The first-order valence-electron chi connectivity index (χ1n) is 4.46. The molecule has 0 N–H and O–H groups in total. The van der Waals surface area contributed by atoms with E-state index in [-0.39, 0.29) is 0 Å². The molecule has 0 saturated carbocycles. The minimum Gasteiger partial charge on any atom is -0.376 e. The molecule has 1 aromatic carbocycles. The third-order valence-corrected chi connectivity index (χ3v) is 2.99. The van der Waals surface area contributed by atoms with Crippen molar-refractivity contribution >= 4 is 10.8 Å². The monoisotopic (exact) mass is 210 g/mol. The SMILES string of the molecule is C=CCOCCS(=O)c1ccccc1. The highest BCUT2D eigenvalue weighted by Crippen LogP contribution is 2.04. The van der Waals surface area contributed by atoms with E-state index in [1.54, 1.807) is 6.08 Å². The van der Waals surface area contributed by atoms with Gasteiger partial charge in [-0.15, -0.1) is 6.58 Å². The summed E-state index contributed by atoms with van der Waals surface area (Å²) in [4.78, 5) is 0.856. The summed E-state index contributed by atoms with van der Waals surface area (Å²) in [6, 6.07) is 9.41. The van der Waals surface area contributed by atoms with Crippen LogP contribution in [-0.2, 0) is 15.5 Å². The fourth-order valence-corrected chi connectivity index (χ4v) is 1.96. The van der Waals surface area contributed by atoms with Gasteiger partial charge in [-0.2, -0.15) is 0 Å². The van der Waals surface area contributed by atoms with Crippen molar-refractivity contribution in [3.05, 3.63) is 43.0 Å². The van der Waals surface area contributed by atoms with Gasteiger partial charge in [-0.1, -0.05) is 24.3 Å². The summed E-state index contributed by atoms with van der Waals surface area (Å²) in [7, 11) is -0.946. The molecule has 0 bridgehead atoms. The Morgan fingerprint density at radius 3 is 2.71 bits per heavy atom. The summed E-state index contributed by atoms with van der Waals surface area (Å²) in [6.07, 6.45) is 1.69. The maximum absolute atomic E-state index is 11.6. The highest BCUT2D eigenvalue weighted by molar-refractivity contribution is 7.85. The van der Waals surface area contributed by atoms with Gasteiger partial charge in [0.25, 0.3) is 0 Å².